The number of hydroxylamine groups is 2. The Morgan fingerprint density at radius 1 is 1.22 bits per heavy atom. The van der Waals surface area contributed by atoms with E-state index in [1.807, 2.05) is 36.4 Å². The van der Waals surface area contributed by atoms with Crippen LogP contribution in [0.4, 0.5) is 0 Å². The van der Waals surface area contributed by atoms with Crippen LogP contribution in [-0.2, 0) is 4.79 Å². The van der Waals surface area contributed by atoms with Crippen molar-refractivity contribution in [2.45, 2.75) is 19.9 Å². The Hall–Kier alpha value is -2.07. The Morgan fingerprint density at radius 2 is 1.89 bits per heavy atom. The quantitative estimate of drug-likeness (QED) is 0.667. The third-order valence-electron chi connectivity index (χ3n) is 2.79. The second kappa shape index (κ2) is 5.06. The van der Waals surface area contributed by atoms with E-state index < -0.39 is 11.9 Å². The molecule has 2 rings (SSSR count). The van der Waals surface area contributed by atoms with Gasteiger partial charge < -0.3 is 4.42 Å². The lowest BCUT2D eigenvalue weighted by Gasteiger charge is -2.18. The van der Waals surface area contributed by atoms with Gasteiger partial charge in [0.25, 0.3) is 0 Å². The molecule has 1 N–H and O–H groups in total. The van der Waals surface area contributed by atoms with Crippen LogP contribution in [0, 0.1) is 0 Å². The van der Waals surface area contributed by atoms with Gasteiger partial charge in [-0.3, -0.25) is 10.0 Å². The Labute approximate surface area is 105 Å². The maximum absolute atomic E-state index is 11.1. The van der Waals surface area contributed by atoms with Crippen molar-refractivity contribution in [3.8, 4) is 11.3 Å². The smallest absolute Gasteiger partial charge is 0.243 e. The lowest BCUT2D eigenvalue weighted by molar-refractivity contribution is -0.173. The lowest BCUT2D eigenvalue weighted by atomic mass is 10.2. The number of rotatable bonds is 3. The number of hydrogen-bond acceptors (Lipinski definition) is 3. The molecule has 0 aliphatic carbocycles. The van der Waals surface area contributed by atoms with Crippen LogP contribution in [0.2, 0.25) is 0 Å². The number of carbonyl (C=O) groups excluding carboxylic acids is 1. The number of amides is 1. The van der Waals surface area contributed by atoms with Crippen molar-refractivity contribution in [1.29, 1.82) is 0 Å². The number of nitrogens with zero attached hydrogens (tertiary/aromatic N) is 1. The molecule has 4 nitrogen and oxygen atoms in total. The van der Waals surface area contributed by atoms with Crippen LogP contribution in [0.5, 0.6) is 0 Å². The van der Waals surface area contributed by atoms with Crippen molar-refractivity contribution >= 4 is 5.91 Å². The first kappa shape index (κ1) is 12.4. The lowest BCUT2D eigenvalue weighted by Crippen LogP contribution is -2.27. The Kier molecular flexibility index (Phi) is 3.48. The molecule has 1 heterocycles. The summed E-state index contributed by atoms with van der Waals surface area (Å²) in [7, 11) is 0. The fraction of sp³-hybridized carbons (Fsp3) is 0.214. The van der Waals surface area contributed by atoms with Crippen LogP contribution in [0.15, 0.2) is 46.9 Å². The van der Waals surface area contributed by atoms with Crippen LogP contribution in [-0.4, -0.2) is 16.2 Å². The van der Waals surface area contributed by atoms with Crippen LogP contribution in [0.1, 0.15) is 25.6 Å². The minimum absolute atomic E-state index is 0.417. The molecule has 0 saturated heterocycles. The highest BCUT2D eigenvalue weighted by molar-refractivity contribution is 5.72. The summed E-state index contributed by atoms with van der Waals surface area (Å²) < 4.78 is 5.65. The number of carbonyl (C=O) groups is 1. The van der Waals surface area contributed by atoms with E-state index in [1.54, 1.807) is 13.0 Å². The van der Waals surface area contributed by atoms with Crippen LogP contribution in [0.25, 0.3) is 11.3 Å². The fourth-order valence-corrected chi connectivity index (χ4v) is 1.73. The highest BCUT2D eigenvalue weighted by Gasteiger charge is 2.19. The average molecular weight is 245 g/mol. The molecule has 4 heteroatoms. The molecule has 94 valence electrons. The normalized spacial score (nSPS) is 12.2. The highest BCUT2D eigenvalue weighted by atomic mass is 16.5. The average Bonchev–Trinajstić information content (AvgIpc) is 2.87. The van der Waals surface area contributed by atoms with Crippen molar-refractivity contribution < 1.29 is 14.4 Å². The summed E-state index contributed by atoms with van der Waals surface area (Å²) in [4.78, 5) is 11.1. The Balaban J connectivity index is 2.23. The topological polar surface area (TPSA) is 53.7 Å². The van der Waals surface area contributed by atoms with E-state index >= 15 is 0 Å². The molecule has 1 atom stereocenters. The van der Waals surface area contributed by atoms with E-state index in [9.17, 15) is 10.0 Å². The van der Waals surface area contributed by atoms with Crippen molar-refractivity contribution in [1.82, 2.24) is 5.06 Å². The second-order valence-electron chi connectivity index (χ2n) is 4.11. The summed E-state index contributed by atoms with van der Waals surface area (Å²) in [5.74, 6) is 0.848. The predicted octanol–water partition coefficient (Wildman–Crippen LogP) is 3.25. The van der Waals surface area contributed by atoms with Gasteiger partial charge in [-0.15, -0.1) is 0 Å². The van der Waals surface area contributed by atoms with E-state index in [0.29, 0.717) is 10.8 Å². The summed E-state index contributed by atoms with van der Waals surface area (Å²) in [5, 5.41) is 10.2. The van der Waals surface area contributed by atoms with E-state index in [1.165, 1.54) is 6.92 Å². The van der Waals surface area contributed by atoms with E-state index in [2.05, 4.69) is 0 Å². The molecular weight excluding hydrogens is 230 g/mol. The van der Waals surface area contributed by atoms with E-state index in [-0.39, 0.29) is 0 Å². The van der Waals surface area contributed by atoms with Crippen LogP contribution in [0.3, 0.4) is 0 Å². The highest BCUT2D eigenvalue weighted by Crippen LogP contribution is 2.27. The SMILES string of the molecule is CC(=O)N(O)C(C)c1ccc(-c2ccccc2)o1. The summed E-state index contributed by atoms with van der Waals surface area (Å²) >= 11 is 0. The molecule has 18 heavy (non-hydrogen) atoms. The first-order valence-electron chi connectivity index (χ1n) is 5.73. The molecule has 2 aromatic rings. The third-order valence-corrected chi connectivity index (χ3v) is 2.79. The molecule has 0 spiro atoms. The summed E-state index contributed by atoms with van der Waals surface area (Å²) in [5.41, 5.74) is 0.961. The number of hydrogen-bond donors (Lipinski definition) is 1. The zero-order valence-electron chi connectivity index (χ0n) is 10.3. The van der Waals surface area contributed by atoms with Crippen molar-refractivity contribution in [3.05, 3.63) is 48.2 Å². The van der Waals surface area contributed by atoms with Crippen molar-refractivity contribution in [2.24, 2.45) is 0 Å². The maximum Gasteiger partial charge on any atom is 0.243 e. The zero-order valence-corrected chi connectivity index (χ0v) is 10.3. The summed E-state index contributed by atoms with van der Waals surface area (Å²) in [6.45, 7) is 3.01. The molecule has 0 saturated carbocycles. The van der Waals surface area contributed by atoms with Gasteiger partial charge in [-0.1, -0.05) is 30.3 Å². The molecular formula is C14H15NO3. The van der Waals surface area contributed by atoms with Gasteiger partial charge in [0.1, 0.15) is 17.6 Å². The molecule has 0 aliphatic rings. The molecule has 1 unspecified atom stereocenters. The van der Waals surface area contributed by atoms with Crippen molar-refractivity contribution in [3.63, 3.8) is 0 Å². The predicted molar refractivity (Wildman–Crippen MR) is 66.9 cm³/mol. The van der Waals surface area contributed by atoms with Gasteiger partial charge in [0.05, 0.1) is 0 Å². The third kappa shape index (κ3) is 2.43. The first-order valence-corrected chi connectivity index (χ1v) is 5.73. The van der Waals surface area contributed by atoms with Gasteiger partial charge >= 0.3 is 0 Å². The van der Waals surface area contributed by atoms with E-state index in [4.69, 9.17) is 4.42 Å². The summed E-state index contributed by atoms with van der Waals surface area (Å²) in [6, 6.07) is 12.8. The van der Waals surface area contributed by atoms with Crippen LogP contribution < -0.4 is 0 Å². The van der Waals surface area contributed by atoms with Gasteiger partial charge in [-0.05, 0) is 19.1 Å². The van der Waals surface area contributed by atoms with Gasteiger partial charge in [-0.2, -0.15) is 0 Å². The summed E-state index contributed by atoms with van der Waals surface area (Å²) in [6.07, 6.45) is 0. The maximum atomic E-state index is 11.1. The van der Waals surface area contributed by atoms with Gasteiger partial charge in [0.2, 0.25) is 5.91 Å². The van der Waals surface area contributed by atoms with Gasteiger partial charge in [-0.25, -0.2) is 5.06 Å². The van der Waals surface area contributed by atoms with Gasteiger partial charge in [0, 0.05) is 12.5 Å². The monoisotopic (exact) mass is 245 g/mol. The van der Waals surface area contributed by atoms with Gasteiger partial charge in [0.15, 0.2) is 0 Å². The molecule has 0 radical (unpaired) electrons. The first-order chi connectivity index (χ1) is 8.59. The minimum Gasteiger partial charge on any atom is -0.459 e. The molecule has 1 amide bonds. The largest absolute Gasteiger partial charge is 0.459 e. The number of furan rings is 1. The zero-order chi connectivity index (χ0) is 13.1. The molecule has 1 aromatic carbocycles. The molecule has 1 aromatic heterocycles. The van der Waals surface area contributed by atoms with E-state index in [0.717, 1.165) is 11.3 Å². The number of benzene rings is 1. The Morgan fingerprint density at radius 3 is 2.50 bits per heavy atom. The standard InChI is InChI=1S/C14H15NO3/c1-10(15(17)11(2)16)13-8-9-14(18-13)12-6-4-3-5-7-12/h3-10,17H,1-2H3. The molecule has 0 fully saturated rings. The Bertz CT molecular complexity index is 533. The fourth-order valence-electron chi connectivity index (χ4n) is 1.73. The molecule has 0 aliphatic heterocycles. The van der Waals surface area contributed by atoms with Crippen molar-refractivity contribution in [2.75, 3.05) is 0 Å². The minimum atomic E-state index is -0.500. The second-order valence-corrected chi connectivity index (χ2v) is 4.11. The van der Waals surface area contributed by atoms with Crippen LogP contribution >= 0.6 is 0 Å². The molecule has 0 bridgehead atoms.